The van der Waals surface area contributed by atoms with Crippen molar-refractivity contribution in [2.24, 2.45) is 0 Å². The van der Waals surface area contributed by atoms with Crippen LogP contribution < -0.4 is 15.4 Å². The maximum Gasteiger partial charge on any atom is 0.412 e. The van der Waals surface area contributed by atoms with Crippen molar-refractivity contribution in [1.29, 1.82) is 0 Å². The fraction of sp³-hybridized carbons (Fsp3) is 0.158. The molecule has 156 valence electrons. The summed E-state index contributed by atoms with van der Waals surface area (Å²) in [6.07, 6.45) is 2.34. The van der Waals surface area contributed by atoms with Crippen molar-refractivity contribution in [2.45, 2.75) is 11.8 Å². The Bertz CT molecular complexity index is 1070. The largest absolute Gasteiger partial charge is 0.412 e. The van der Waals surface area contributed by atoms with Gasteiger partial charge in [-0.05, 0) is 25.1 Å². The summed E-state index contributed by atoms with van der Waals surface area (Å²) < 4.78 is 10.7. The van der Waals surface area contributed by atoms with E-state index in [-0.39, 0.29) is 5.75 Å². The van der Waals surface area contributed by atoms with Gasteiger partial charge in [-0.2, -0.15) is 0 Å². The Morgan fingerprint density at radius 1 is 1.23 bits per heavy atom. The number of carbonyl (C=O) groups excluding carboxylic acids is 2. The lowest BCUT2D eigenvalue weighted by molar-refractivity contribution is -0.114. The first-order chi connectivity index (χ1) is 14.4. The minimum atomic E-state index is -1.21. The number of ether oxygens (including phenoxy) is 1. The van der Waals surface area contributed by atoms with Crippen molar-refractivity contribution in [1.82, 2.24) is 15.5 Å². The van der Waals surface area contributed by atoms with Gasteiger partial charge in [-0.3, -0.25) is 9.78 Å². The summed E-state index contributed by atoms with van der Waals surface area (Å²) >= 11 is 17.4. The van der Waals surface area contributed by atoms with Gasteiger partial charge >= 0.3 is 6.09 Å². The molecule has 8 nitrogen and oxygen atoms in total. The zero-order chi connectivity index (χ0) is 21.7. The molecule has 30 heavy (non-hydrogen) atoms. The maximum atomic E-state index is 11.8. The Labute approximate surface area is 186 Å². The van der Waals surface area contributed by atoms with Crippen LogP contribution in [0.2, 0.25) is 5.02 Å². The molecule has 3 aromatic rings. The van der Waals surface area contributed by atoms with Gasteiger partial charge in [-0.15, -0.1) is 0 Å². The highest BCUT2D eigenvalue weighted by atomic mass is 35.5. The number of alkyl halides is 2. The zero-order valence-corrected chi connectivity index (χ0v) is 17.8. The van der Waals surface area contributed by atoms with Gasteiger partial charge in [0, 0.05) is 24.4 Å². The van der Waals surface area contributed by atoms with E-state index in [2.05, 4.69) is 20.8 Å². The van der Waals surface area contributed by atoms with E-state index in [1.807, 2.05) is 0 Å². The van der Waals surface area contributed by atoms with Crippen molar-refractivity contribution in [3.8, 4) is 28.3 Å². The highest BCUT2D eigenvalue weighted by molar-refractivity contribution is 6.54. The highest BCUT2D eigenvalue weighted by Gasteiger charge is 2.19. The van der Waals surface area contributed by atoms with Crippen molar-refractivity contribution < 1.29 is 18.8 Å². The van der Waals surface area contributed by atoms with E-state index in [4.69, 9.17) is 44.1 Å². The summed E-state index contributed by atoms with van der Waals surface area (Å²) in [6, 6.07) is 8.11. The first-order valence-corrected chi connectivity index (χ1v) is 9.89. The Kier molecular flexibility index (Phi) is 7.15. The fourth-order valence-electron chi connectivity index (χ4n) is 2.49. The van der Waals surface area contributed by atoms with E-state index < -0.39 is 16.8 Å². The number of amides is 2. The van der Waals surface area contributed by atoms with E-state index in [0.29, 0.717) is 39.8 Å². The molecular formula is C19H15Cl3N4O4. The van der Waals surface area contributed by atoms with Crippen LogP contribution in [0.3, 0.4) is 0 Å². The average molecular weight is 470 g/mol. The lowest BCUT2D eigenvalue weighted by Crippen LogP contribution is -2.26. The minimum Gasteiger partial charge on any atom is -0.410 e. The zero-order valence-electron chi connectivity index (χ0n) is 15.5. The Hall–Kier alpha value is -2.81. The number of pyridine rings is 1. The summed E-state index contributed by atoms with van der Waals surface area (Å²) in [5.74, 6) is -0.00719. The summed E-state index contributed by atoms with van der Waals surface area (Å²) in [7, 11) is 0. The number of carbonyl (C=O) groups is 2. The predicted octanol–water partition coefficient (Wildman–Crippen LogP) is 4.91. The molecule has 0 unspecified atom stereocenters. The number of hydrogen-bond donors (Lipinski definition) is 2. The first-order valence-electron chi connectivity index (χ1n) is 8.64. The number of nitrogens with one attached hydrogen (secondary N) is 2. The van der Waals surface area contributed by atoms with Gasteiger partial charge in [-0.25, -0.2) is 4.79 Å². The van der Waals surface area contributed by atoms with Crippen LogP contribution in [0.5, 0.6) is 5.75 Å². The van der Waals surface area contributed by atoms with Crippen molar-refractivity contribution in [2.75, 3.05) is 11.9 Å². The molecule has 2 heterocycles. The van der Waals surface area contributed by atoms with Gasteiger partial charge in [0.2, 0.25) is 0 Å². The second kappa shape index (κ2) is 9.80. The van der Waals surface area contributed by atoms with Crippen LogP contribution in [-0.4, -0.2) is 33.5 Å². The number of anilines is 1. The van der Waals surface area contributed by atoms with Crippen LogP contribution in [0.1, 0.15) is 6.92 Å². The highest BCUT2D eigenvalue weighted by Crippen LogP contribution is 2.37. The molecule has 0 atom stereocenters. The molecule has 1 aromatic carbocycles. The van der Waals surface area contributed by atoms with Crippen molar-refractivity contribution in [3.05, 3.63) is 47.7 Å². The summed E-state index contributed by atoms with van der Waals surface area (Å²) in [4.78, 5) is 26.3. The molecule has 0 radical (unpaired) electrons. The summed E-state index contributed by atoms with van der Waals surface area (Å²) in [5.41, 5.74) is 1.65. The number of rotatable bonds is 6. The standard InChI is InChI=1S/C19H15Cl3N4O4/c1-2-24-19(28)29-14-5-3-4-12(20)16(14)13-7-15(30-26-13)10-6-11(9-23-8-10)25-18(27)17(21)22/h3-9,17H,2H2,1H3,(H,24,28)(H,25,27). The molecule has 2 amide bonds. The normalized spacial score (nSPS) is 10.7. The molecule has 0 fully saturated rings. The van der Waals surface area contributed by atoms with Gasteiger partial charge < -0.3 is 19.9 Å². The Morgan fingerprint density at radius 2 is 2.03 bits per heavy atom. The fourth-order valence-corrected chi connectivity index (χ4v) is 2.86. The van der Waals surface area contributed by atoms with E-state index in [9.17, 15) is 9.59 Å². The van der Waals surface area contributed by atoms with Gasteiger partial charge in [0.05, 0.1) is 22.5 Å². The molecule has 11 heteroatoms. The molecule has 0 aliphatic rings. The molecule has 2 N–H and O–H groups in total. The number of nitrogens with zero attached hydrogens (tertiary/aromatic N) is 2. The van der Waals surface area contributed by atoms with Crippen molar-refractivity contribution in [3.63, 3.8) is 0 Å². The third-order valence-electron chi connectivity index (χ3n) is 3.75. The third-order valence-corrected chi connectivity index (χ3v) is 4.47. The van der Waals surface area contributed by atoms with Crippen LogP contribution in [0.25, 0.3) is 22.6 Å². The molecule has 0 aliphatic carbocycles. The number of benzene rings is 1. The summed E-state index contributed by atoms with van der Waals surface area (Å²) in [5, 5.41) is 9.43. The molecule has 3 rings (SSSR count). The average Bonchev–Trinajstić information content (AvgIpc) is 3.18. The van der Waals surface area contributed by atoms with Crippen LogP contribution in [0.15, 0.2) is 47.2 Å². The number of aromatic nitrogens is 2. The number of hydrogen-bond acceptors (Lipinski definition) is 6. The SMILES string of the molecule is CCNC(=O)Oc1cccc(Cl)c1-c1cc(-c2cncc(NC(=O)C(Cl)Cl)c2)on1. The molecule has 0 saturated carbocycles. The van der Waals surface area contributed by atoms with Crippen LogP contribution in [0, 0.1) is 0 Å². The Balaban J connectivity index is 1.91. The molecule has 0 saturated heterocycles. The summed E-state index contributed by atoms with van der Waals surface area (Å²) in [6.45, 7) is 2.19. The van der Waals surface area contributed by atoms with Crippen LogP contribution >= 0.6 is 34.8 Å². The monoisotopic (exact) mass is 468 g/mol. The molecular weight excluding hydrogens is 455 g/mol. The van der Waals surface area contributed by atoms with Gasteiger partial charge in [0.25, 0.3) is 5.91 Å². The third kappa shape index (κ3) is 5.21. The van der Waals surface area contributed by atoms with Crippen LogP contribution in [0.4, 0.5) is 10.5 Å². The topological polar surface area (TPSA) is 106 Å². The van der Waals surface area contributed by atoms with Gasteiger partial charge in [-0.1, -0.05) is 46.0 Å². The smallest absolute Gasteiger partial charge is 0.410 e. The molecule has 0 spiro atoms. The van der Waals surface area contributed by atoms with Gasteiger partial charge in [0.1, 0.15) is 11.4 Å². The van der Waals surface area contributed by atoms with Crippen LogP contribution in [-0.2, 0) is 4.79 Å². The molecule has 2 aromatic heterocycles. The number of halogens is 3. The molecule has 0 bridgehead atoms. The predicted molar refractivity (Wildman–Crippen MR) is 114 cm³/mol. The van der Waals surface area contributed by atoms with Gasteiger partial charge in [0.15, 0.2) is 10.6 Å². The lowest BCUT2D eigenvalue weighted by Gasteiger charge is -2.09. The second-order valence-electron chi connectivity index (χ2n) is 5.86. The van der Waals surface area contributed by atoms with E-state index in [0.717, 1.165) is 0 Å². The van der Waals surface area contributed by atoms with Crippen molar-refractivity contribution >= 4 is 52.5 Å². The molecule has 0 aliphatic heterocycles. The quantitative estimate of drug-likeness (QED) is 0.497. The van der Waals surface area contributed by atoms with E-state index in [1.54, 1.807) is 37.3 Å². The van der Waals surface area contributed by atoms with E-state index >= 15 is 0 Å². The second-order valence-corrected chi connectivity index (χ2v) is 7.36. The van der Waals surface area contributed by atoms with E-state index in [1.165, 1.54) is 12.4 Å². The first kappa shape index (κ1) is 21.9. The Morgan fingerprint density at radius 3 is 2.77 bits per heavy atom. The minimum absolute atomic E-state index is 0.225. The lowest BCUT2D eigenvalue weighted by atomic mass is 10.1. The maximum absolute atomic E-state index is 11.8.